The first-order valence-corrected chi connectivity index (χ1v) is 9.27. The summed E-state index contributed by atoms with van der Waals surface area (Å²) in [5, 5.41) is 3.82. The number of aromatic nitrogens is 1. The largest absolute Gasteiger partial charge is 0.246 e. The minimum atomic E-state index is 0.444. The fourth-order valence-corrected chi connectivity index (χ4v) is 7.67. The van der Waals surface area contributed by atoms with E-state index in [1.807, 2.05) is 11.3 Å². The number of nitrogens with zero attached hydrogens (tertiary/aromatic N) is 1. The van der Waals surface area contributed by atoms with Crippen molar-refractivity contribution in [3.05, 3.63) is 16.1 Å². The van der Waals surface area contributed by atoms with Crippen LogP contribution < -0.4 is 0 Å². The van der Waals surface area contributed by atoms with Gasteiger partial charge in [-0.15, -0.1) is 11.3 Å². The van der Waals surface area contributed by atoms with E-state index in [-0.39, 0.29) is 0 Å². The molecule has 1 aromatic rings. The molecule has 110 valence electrons. The maximum atomic E-state index is 5.07. The minimum Gasteiger partial charge on any atom is -0.246 e. The van der Waals surface area contributed by atoms with Crippen LogP contribution in [0.4, 0.5) is 0 Å². The SMILES string of the molecule is CCCc1csc(C23CC4CC(C)(CC(C)(C4)C2)C3)n1. The molecule has 4 saturated carbocycles. The molecule has 4 aliphatic carbocycles. The molecule has 5 rings (SSSR count). The summed E-state index contributed by atoms with van der Waals surface area (Å²) in [6, 6.07) is 0. The summed E-state index contributed by atoms with van der Waals surface area (Å²) < 4.78 is 0. The van der Waals surface area contributed by atoms with E-state index >= 15 is 0 Å². The van der Waals surface area contributed by atoms with E-state index in [1.165, 1.54) is 55.6 Å². The summed E-state index contributed by atoms with van der Waals surface area (Å²) in [7, 11) is 0. The molecule has 4 fully saturated rings. The molecule has 0 aromatic carbocycles. The van der Waals surface area contributed by atoms with E-state index in [1.54, 1.807) is 0 Å². The Hall–Kier alpha value is -0.370. The summed E-state index contributed by atoms with van der Waals surface area (Å²) in [6.07, 6.45) is 11.0. The topological polar surface area (TPSA) is 12.9 Å². The van der Waals surface area contributed by atoms with Crippen LogP contribution in [0.15, 0.2) is 5.38 Å². The van der Waals surface area contributed by atoms with Crippen LogP contribution >= 0.6 is 11.3 Å². The summed E-state index contributed by atoms with van der Waals surface area (Å²) in [5.41, 5.74) is 2.99. The predicted octanol–water partition coefficient (Wildman–Crippen LogP) is 5.34. The lowest BCUT2D eigenvalue weighted by Crippen LogP contribution is -2.56. The highest BCUT2D eigenvalue weighted by Crippen LogP contribution is 2.70. The number of hydrogen-bond donors (Lipinski definition) is 0. The Morgan fingerprint density at radius 1 is 1.15 bits per heavy atom. The lowest BCUT2D eigenvalue weighted by atomic mass is 9.40. The second kappa shape index (κ2) is 4.09. The number of rotatable bonds is 3. The van der Waals surface area contributed by atoms with Crippen LogP contribution in [0, 0.1) is 16.7 Å². The molecule has 0 saturated heterocycles. The number of thiazole rings is 1. The van der Waals surface area contributed by atoms with E-state index in [9.17, 15) is 0 Å². The fraction of sp³-hybridized carbons (Fsp3) is 0.833. The molecule has 0 aliphatic heterocycles. The van der Waals surface area contributed by atoms with Gasteiger partial charge < -0.3 is 0 Å². The molecule has 1 heterocycles. The maximum Gasteiger partial charge on any atom is 0.0990 e. The van der Waals surface area contributed by atoms with Crippen molar-refractivity contribution in [2.45, 2.75) is 77.6 Å². The first-order chi connectivity index (χ1) is 9.44. The lowest BCUT2D eigenvalue weighted by Gasteiger charge is -2.64. The summed E-state index contributed by atoms with van der Waals surface area (Å²) in [6.45, 7) is 7.38. The summed E-state index contributed by atoms with van der Waals surface area (Å²) >= 11 is 1.96. The molecule has 20 heavy (non-hydrogen) atoms. The van der Waals surface area contributed by atoms with Crippen molar-refractivity contribution in [1.82, 2.24) is 4.98 Å². The molecule has 4 bridgehead atoms. The van der Waals surface area contributed by atoms with Gasteiger partial charge in [-0.05, 0) is 61.7 Å². The lowest BCUT2D eigenvalue weighted by molar-refractivity contribution is -0.110. The molecule has 1 nitrogen and oxygen atoms in total. The minimum absolute atomic E-state index is 0.444. The van der Waals surface area contributed by atoms with Crippen LogP contribution in [0.3, 0.4) is 0 Å². The van der Waals surface area contributed by atoms with Crippen molar-refractivity contribution < 1.29 is 0 Å². The molecule has 1 aromatic heterocycles. The van der Waals surface area contributed by atoms with E-state index < -0.39 is 0 Å². The molecule has 0 N–H and O–H groups in total. The van der Waals surface area contributed by atoms with Crippen molar-refractivity contribution in [2.24, 2.45) is 16.7 Å². The van der Waals surface area contributed by atoms with Gasteiger partial charge in [0.15, 0.2) is 0 Å². The maximum absolute atomic E-state index is 5.07. The van der Waals surface area contributed by atoms with Crippen LogP contribution in [-0.4, -0.2) is 4.98 Å². The zero-order valence-corrected chi connectivity index (χ0v) is 14.0. The highest BCUT2D eigenvalue weighted by atomic mass is 32.1. The number of hydrogen-bond acceptors (Lipinski definition) is 2. The van der Waals surface area contributed by atoms with E-state index in [2.05, 4.69) is 26.2 Å². The molecule has 0 spiro atoms. The smallest absolute Gasteiger partial charge is 0.0990 e. The molecular weight excluding hydrogens is 262 g/mol. The molecule has 2 atom stereocenters. The van der Waals surface area contributed by atoms with E-state index in [0.717, 1.165) is 12.3 Å². The molecule has 0 amide bonds. The van der Waals surface area contributed by atoms with Gasteiger partial charge in [-0.1, -0.05) is 27.2 Å². The monoisotopic (exact) mass is 289 g/mol. The van der Waals surface area contributed by atoms with Gasteiger partial charge in [-0.25, -0.2) is 4.98 Å². The molecule has 0 radical (unpaired) electrons. The van der Waals surface area contributed by atoms with Gasteiger partial charge in [0.05, 0.1) is 10.7 Å². The summed E-state index contributed by atoms with van der Waals surface area (Å²) in [5.74, 6) is 0.972. The molecule has 2 unspecified atom stereocenters. The average Bonchev–Trinajstić information content (AvgIpc) is 2.73. The predicted molar refractivity (Wildman–Crippen MR) is 85.2 cm³/mol. The quantitative estimate of drug-likeness (QED) is 0.731. The Morgan fingerprint density at radius 3 is 2.45 bits per heavy atom. The third-order valence-electron chi connectivity index (χ3n) is 6.14. The Labute approximate surface area is 127 Å². The summed E-state index contributed by atoms with van der Waals surface area (Å²) in [4.78, 5) is 5.07. The van der Waals surface area contributed by atoms with Crippen LogP contribution in [-0.2, 0) is 11.8 Å². The molecule has 4 aliphatic rings. The first kappa shape index (κ1) is 13.3. The van der Waals surface area contributed by atoms with Gasteiger partial charge in [0.1, 0.15) is 0 Å². The Balaban J connectivity index is 1.72. The van der Waals surface area contributed by atoms with Crippen molar-refractivity contribution in [1.29, 1.82) is 0 Å². The van der Waals surface area contributed by atoms with Gasteiger partial charge in [0.25, 0.3) is 0 Å². The van der Waals surface area contributed by atoms with E-state index in [4.69, 9.17) is 4.98 Å². The zero-order chi connectivity index (χ0) is 14.0. The van der Waals surface area contributed by atoms with Gasteiger partial charge in [-0.2, -0.15) is 0 Å². The fourth-order valence-electron chi connectivity index (χ4n) is 6.61. The van der Waals surface area contributed by atoms with Gasteiger partial charge in [0.2, 0.25) is 0 Å². The van der Waals surface area contributed by atoms with Crippen molar-refractivity contribution in [2.75, 3.05) is 0 Å². The second-order valence-corrected chi connectivity index (χ2v) is 9.66. The normalized spacial score (nSPS) is 46.0. The molecule has 2 heteroatoms. The Morgan fingerprint density at radius 2 is 1.85 bits per heavy atom. The first-order valence-electron chi connectivity index (χ1n) is 8.39. The van der Waals surface area contributed by atoms with Crippen LogP contribution in [0.1, 0.15) is 76.4 Å². The third kappa shape index (κ3) is 1.90. The number of aryl methyl sites for hydroxylation is 1. The van der Waals surface area contributed by atoms with Gasteiger partial charge >= 0.3 is 0 Å². The van der Waals surface area contributed by atoms with Crippen LogP contribution in [0.5, 0.6) is 0 Å². The van der Waals surface area contributed by atoms with Crippen LogP contribution in [0.25, 0.3) is 0 Å². The standard InChI is InChI=1S/C18H27NS/c1-4-5-14-9-20-15(19-14)18-8-13-6-16(2,11-18)10-17(3,7-13)12-18/h9,13H,4-8,10-12H2,1-3H3. The highest BCUT2D eigenvalue weighted by molar-refractivity contribution is 7.09. The van der Waals surface area contributed by atoms with Crippen molar-refractivity contribution in [3.8, 4) is 0 Å². The van der Waals surface area contributed by atoms with Crippen molar-refractivity contribution in [3.63, 3.8) is 0 Å². The van der Waals surface area contributed by atoms with Crippen LogP contribution in [0.2, 0.25) is 0 Å². The Bertz CT molecular complexity index is 513. The highest BCUT2D eigenvalue weighted by Gasteiger charge is 2.61. The molecular formula is C18H27NS. The Kier molecular flexibility index (Phi) is 2.72. The van der Waals surface area contributed by atoms with Gasteiger partial charge in [-0.3, -0.25) is 0 Å². The third-order valence-corrected chi connectivity index (χ3v) is 7.28. The second-order valence-electron chi connectivity index (χ2n) is 8.80. The van der Waals surface area contributed by atoms with E-state index in [0.29, 0.717) is 16.2 Å². The van der Waals surface area contributed by atoms with Crippen molar-refractivity contribution >= 4 is 11.3 Å². The van der Waals surface area contributed by atoms with Gasteiger partial charge in [0, 0.05) is 10.8 Å². The zero-order valence-electron chi connectivity index (χ0n) is 13.2. The average molecular weight is 289 g/mol.